The number of halogens is 1. The first-order chi connectivity index (χ1) is 14.7. The highest BCUT2D eigenvalue weighted by atomic mass is 35.5. The molecule has 5 nitrogen and oxygen atoms in total. The highest BCUT2D eigenvalue weighted by molar-refractivity contribution is 6.31. The van der Waals surface area contributed by atoms with Crippen LogP contribution in [0.25, 0.3) is 22.3 Å². The van der Waals surface area contributed by atoms with Gasteiger partial charge in [-0.3, -0.25) is 9.59 Å². The molecule has 0 atom stereocenters. The summed E-state index contributed by atoms with van der Waals surface area (Å²) in [6.45, 7) is 11.1. The smallest absolute Gasteiger partial charge is 0.260 e. The number of hydrogen-bond acceptors (Lipinski definition) is 4. The zero-order valence-electron chi connectivity index (χ0n) is 18.6. The van der Waals surface area contributed by atoms with Crippen LogP contribution >= 0.6 is 11.6 Å². The quantitative estimate of drug-likeness (QED) is 0.495. The molecule has 164 valence electrons. The Labute approximate surface area is 187 Å². The Bertz CT molecular complexity index is 1140. The van der Waals surface area contributed by atoms with Crippen molar-refractivity contribution in [3.63, 3.8) is 0 Å². The molecule has 0 radical (unpaired) electrons. The number of rotatable bonds is 6. The summed E-state index contributed by atoms with van der Waals surface area (Å²) in [4.78, 5) is 27.4. The molecule has 6 heteroatoms. The summed E-state index contributed by atoms with van der Waals surface area (Å²) < 4.78 is 11.9. The fourth-order valence-electron chi connectivity index (χ4n) is 3.39. The monoisotopic (exact) mass is 441 g/mol. The second kappa shape index (κ2) is 9.15. The number of carbonyl (C=O) groups excluding carboxylic acids is 1. The summed E-state index contributed by atoms with van der Waals surface area (Å²) in [5.41, 5.74) is 1.91. The van der Waals surface area contributed by atoms with Crippen molar-refractivity contribution in [1.29, 1.82) is 0 Å². The van der Waals surface area contributed by atoms with Crippen molar-refractivity contribution in [2.75, 3.05) is 19.7 Å². The van der Waals surface area contributed by atoms with Gasteiger partial charge >= 0.3 is 0 Å². The van der Waals surface area contributed by atoms with Crippen molar-refractivity contribution >= 4 is 28.5 Å². The fourth-order valence-corrected chi connectivity index (χ4v) is 3.57. The van der Waals surface area contributed by atoms with Crippen molar-refractivity contribution in [2.24, 2.45) is 0 Å². The number of nitrogens with zero attached hydrogens (tertiary/aromatic N) is 1. The lowest BCUT2D eigenvalue weighted by atomic mass is 9.86. The van der Waals surface area contributed by atoms with E-state index in [1.807, 2.05) is 38.1 Å². The average molecular weight is 442 g/mol. The molecular weight excluding hydrogens is 414 g/mol. The second-order valence-electron chi connectivity index (χ2n) is 8.41. The van der Waals surface area contributed by atoms with E-state index in [-0.39, 0.29) is 29.1 Å². The number of carbonyl (C=O) groups is 1. The molecule has 3 aromatic rings. The van der Waals surface area contributed by atoms with E-state index in [1.54, 1.807) is 23.1 Å². The topological polar surface area (TPSA) is 59.8 Å². The molecule has 0 unspecified atom stereocenters. The molecule has 1 aromatic heterocycles. The molecule has 0 N–H and O–H groups in total. The summed E-state index contributed by atoms with van der Waals surface area (Å²) in [7, 11) is 0. The Hall–Kier alpha value is -2.79. The van der Waals surface area contributed by atoms with E-state index in [2.05, 4.69) is 20.8 Å². The third-order valence-electron chi connectivity index (χ3n) is 5.28. The van der Waals surface area contributed by atoms with E-state index in [1.165, 1.54) is 0 Å². The number of amides is 1. The van der Waals surface area contributed by atoms with Gasteiger partial charge in [-0.1, -0.05) is 56.6 Å². The maximum absolute atomic E-state index is 13.3. The molecule has 31 heavy (non-hydrogen) atoms. The first kappa shape index (κ1) is 22.9. The summed E-state index contributed by atoms with van der Waals surface area (Å²) >= 11 is 6.08. The van der Waals surface area contributed by atoms with Gasteiger partial charge in [-0.2, -0.15) is 0 Å². The average Bonchev–Trinajstić information content (AvgIpc) is 2.73. The van der Waals surface area contributed by atoms with Crippen molar-refractivity contribution in [1.82, 2.24) is 4.90 Å². The largest absolute Gasteiger partial charge is 0.476 e. The van der Waals surface area contributed by atoms with Crippen LogP contribution in [0.5, 0.6) is 5.75 Å². The number of likely N-dealkylation sites (N-methyl/N-ethyl adjacent to an activating group) is 1. The summed E-state index contributed by atoms with van der Waals surface area (Å²) in [5, 5.41) is 0.736. The van der Waals surface area contributed by atoms with Crippen LogP contribution in [0.3, 0.4) is 0 Å². The fraction of sp³-hybridized carbons (Fsp3) is 0.360. The molecule has 0 aliphatic heterocycles. The van der Waals surface area contributed by atoms with Crippen LogP contribution in [0.2, 0.25) is 5.02 Å². The molecule has 1 heterocycles. The predicted octanol–water partition coefficient (Wildman–Crippen LogP) is 5.66. The lowest BCUT2D eigenvalue weighted by molar-refractivity contribution is -0.132. The predicted molar refractivity (Wildman–Crippen MR) is 125 cm³/mol. The van der Waals surface area contributed by atoms with Crippen LogP contribution < -0.4 is 10.2 Å². The van der Waals surface area contributed by atoms with E-state index in [0.29, 0.717) is 40.4 Å². The Morgan fingerprint density at radius 1 is 1.06 bits per heavy atom. The van der Waals surface area contributed by atoms with Gasteiger partial charge in [0.05, 0.1) is 5.39 Å². The lowest BCUT2D eigenvalue weighted by Gasteiger charge is -2.20. The molecule has 0 aliphatic rings. The van der Waals surface area contributed by atoms with E-state index in [9.17, 15) is 9.59 Å². The molecule has 3 rings (SSSR count). The third kappa shape index (κ3) is 4.93. The molecule has 0 aliphatic carbocycles. The molecule has 1 amide bonds. The number of benzene rings is 2. The van der Waals surface area contributed by atoms with Gasteiger partial charge in [-0.15, -0.1) is 0 Å². The maximum atomic E-state index is 13.3. The van der Waals surface area contributed by atoms with Crippen LogP contribution in [0.4, 0.5) is 0 Å². The first-order valence-corrected chi connectivity index (χ1v) is 10.8. The number of fused-ring (bicyclic) bond motifs is 1. The van der Waals surface area contributed by atoms with Gasteiger partial charge in [-0.05, 0) is 43.0 Å². The lowest BCUT2D eigenvalue weighted by Crippen LogP contribution is -2.35. The molecule has 0 spiro atoms. The van der Waals surface area contributed by atoms with E-state index in [0.717, 1.165) is 5.56 Å². The highest BCUT2D eigenvalue weighted by Gasteiger charge is 2.21. The van der Waals surface area contributed by atoms with Crippen molar-refractivity contribution in [3.05, 3.63) is 63.3 Å². The van der Waals surface area contributed by atoms with Crippen LogP contribution in [-0.2, 0) is 10.2 Å². The van der Waals surface area contributed by atoms with E-state index in [4.69, 9.17) is 20.8 Å². The Morgan fingerprint density at radius 2 is 1.71 bits per heavy atom. The zero-order chi connectivity index (χ0) is 22.8. The molecule has 0 saturated carbocycles. The van der Waals surface area contributed by atoms with Crippen molar-refractivity contribution in [2.45, 2.75) is 40.0 Å². The number of ether oxygens (including phenoxy) is 1. The zero-order valence-corrected chi connectivity index (χ0v) is 19.4. The standard InChI is InChI=1S/C25H28ClNO4/c1-6-27(7-2)21(28)15-30-24-22(29)19-14-18(26)12-13-20(19)31-23(24)16-8-10-17(11-9-16)25(3,4)5/h8-14H,6-7,15H2,1-5H3. The normalized spacial score (nSPS) is 11.5. The van der Waals surface area contributed by atoms with Gasteiger partial charge in [0.1, 0.15) is 5.58 Å². The minimum Gasteiger partial charge on any atom is -0.476 e. The van der Waals surface area contributed by atoms with Crippen molar-refractivity contribution < 1.29 is 13.9 Å². The van der Waals surface area contributed by atoms with Gasteiger partial charge in [0, 0.05) is 23.7 Å². The minimum absolute atomic E-state index is 0.00495. The summed E-state index contributed by atoms with van der Waals surface area (Å²) in [6, 6.07) is 12.7. The maximum Gasteiger partial charge on any atom is 0.260 e. The SMILES string of the molecule is CCN(CC)C(=O)COc1c(-c2ccc(C(C)(C)C)cc2)oc2ccc(Cl)cc2c1=O. The van der Waals surface area contributed by atoms with Crippen LogP contribution in [0.15, 0.2) is 51.7 Å². The number of hydrogen-bond donors (Lipinski definition) is 0. The van der Waals surface area contributed by atoms with Gasteiger partial charge in [0.2, 0.25) is 11.2 Å². The first-order valence-electron chi connectivity index (χ1n) is 10.4. The van der Waals surface area contributed by atoms with Crippen molar-refractivity contribution in [3.8, 4) is 17.1 Å². The minimum atomic E-state index is -0.356. The summed E-state index contributed by atoms with van der Waals surface area (Å²) in [6.07, 6.45) is 0. The Kier molecular flexibility index (Phi) is 6.75. The highest BCUT2D eigenvalue weighted by Crippen LogP contribution is 2.33. The van der Waals surface area contributed by atoms with Crippen LogP contribution in [0, 0.1) is 0 Å². The Balaban J connectivity index is 2.10. The molecule has 0 fully saturated rings. The molecule has 2 aromatic carbocycles. The van der Waals surface area contributed by atoms with E-state index >= 15 is 0 Å². The molecule has 0 saturated heterocycles. The molecule has 0 bridgehead atoms. The summed E-state index contributed by atoms with van der Waals surface area (Å²) in [5.74, 6) is 0.121. The van der Waals surface area contributed by atoms with Gasteiger partial charge in [0.15, 0.2) is 12.4 Å². The van der Waals surface area contributed by atoms with Crippen LogP contribution in [0.1, 0.15) is 40.2 Å². The second-order valence-corrected chi connectivity index (χ2v) is 8.85. The van der Waals surface area contributed by atoms with Gasteiger partial charge in [0.25, 0.3) is 5.91 Å². The van der Waals surface area contributed by atoms with E-state index < -0.39 is 0 Å². The van der Waals surface area contributed by atoms with Gasteiger partial charge < -0.3 is 14.1 Å². The third-order valence-corrected chi connectivity index (χ3v) is 5.52. The molecular formula is C25H28ClNO4. The van der Waals surface area contributed by atoms with Crippen LogP contribution in [-0.4, -0.2) is 30.5 Å². The Morgan fingerprint density at radius 3 is 2.29 bits per heavy atom. The van der Waals surface area contributed by atoms with Gasteiger partial charge in [-0.25, -0.2) is 0 Å².